The van der Waals surface area contributed by atoms with E-state index in [1.165, 1.54) is 49.4 Å². The van der Waals surface area contributed by atoms with Crippen molar-refractivity contribution < 1.29 is 19.1 Å². The van der Waals surface area contributed by atoms with E-state index in [0.29, 0.717) is 65.0 Å². The fraction of sp³-hybridized carbons (Fsp3) is 0.889. The fourth-order valence-corrected chi connectivity index (χ4v) is 12.2. The van der Waals surface area contributed by atoms with Crippen molar-refractivity contribution in [2.75, 3.05) is 6.61 Å². The molecule has 7 heteroatoms. The number of hydrogen-bond acceptors (Lipinski definition) is 5. The number of nitrogens with zero attached hydrogens (tertiary/aromatic N) is 2. The van der Waals surface area contributed by atoms with Crippen LogP contribution in [0.25, 0.3) is 0 Å². The van der Waals surface area contributed by atoms with Crippen molar-refractivity contribution in [3.8, 4) is 0 Å². The van der Waals surface area contributed by atoms with Crippen LogP contribution in [-0.2, 0) is 9.16 Å². The lowest BCUT2D eigenvalue weighted by Gasteiger charge is -2.65. The molecule has 11 atom stereocenters. The lowest BCUT2D eigenvalue weighted by atomic mass is 9.41. The fourth-order valence-electron chi connectivity index (χ4n) is 10.8. The van der Waals surface area contributed by atoms with Crippen LogP contribution >= 0.6 is 0 Å². The van der Waals surface area contributed by atoms with Gasteiger partial charge in [0.2, 0.25) is 0 Å². The third-order valence-electron chi connectivity index (χ3n) is 14.1. The van der Waals surface area contributed by atoms with Crippen LogP contribution in [0.3, 0.4) is 0 Å². The Balaban J connectivity index is 1.25. The van der Waals surface area contributed by atoms with Gasteiger partial charge in [-0.05, 0) is 128 Å². The van der Waals surface area contributed by atoms with Crippen LogP contribution in [0.4, 0.5) is 4.79 Å². The Morgan fingerprint density at radius 1 is 1.09 bits per heavy atom. The largest absolute Gasteiger partial charge is 0.449 e. The highest BCUT2D eigenvalue weighted by Gasteiger charge is 2.65. The van der Waals surface area contributed by atoms with Crippen molar-refractivity contribution in [1.29, 1.82) is 0 Å². The zero-order valence-electron chi connectivity index (χ0n) is 28.8. The number of fused-ring (bicyclic) bond motifs is 5. The standard InChI is InChI=1S/C36H62N2O4Si/c1-10-26-30-22-25(42-43(8,9)34(3,4)5)15-17-36(30,7)29-16-18-35(6)27(13-14-28(35)31(29)32(26)39)24(2)12-11-21-41-33(40)38-20-19-37-23-38/h19-20,23-32,39H,10-18,21-22H2,1-9H3/t24-,25?,26-,27-,28+,29+,30+,31+,32-,35-,36-/m1/s1. The van der Waals surface area contributed by atoms with Crippen LogP contribution in [0.2, 0.25) is 18.1 Å². The third-order valence-corrected chi connectivity index (χ3v) is 18.7. The molecule has 0 spiro atoms. The number of aliphatic hydroxyl groups excluding tert-OH is 1. The molecule has 0 radical (unpaired) electrons. The lowest BCUT2D eigenvalue weighted by molar-refractivity contribution is -0.202. The van der Waals surface area contributed by atoms with Gasteiger partial charge in [0.25, 0.3) is 0 Å². The predicted octanol–water partition coefficient (Wildman–Crippen LogP) is 8.94. The highest BCUT2D eigenvalue weighted by Crippen LogP contribution is 2.69. The maximum absolute atomic E-state index is 12.3. The zero-order valence-corrected chi connectivity index (χ0v) is 29.8. The Bertz CT molecular complexity index is 1100. The minimum atomic E-state index is -1.82. The maximum Gasteiger partial charge on any atom is 0.419 e. The van der Waals surface area contributed by atoms with Crippen molar-refractivity contribution in [3.05, 3.63) is 18.7 Å². The monoisotopic (exact) mass is 614 g/mol. The SMILES string of the molecule is CC[C@H]1[C@@H](O)[C@@H]2[C@H](CC[C@]3(C)[C@@H]([C@H](C)CCCOC(=O)n4ccnc4)CC[C@@H]23)[C@@]2(C)CCC(O[Si](C)(C)C(C)(C)C)C[C@@H]12. The number of ether oxygens (including phenoxy) is 1. The van der Waals surface area contributed by atoms with E-state index < -0.39 is 8.32 Å². The minimum Gasteiger partial charge on any atom is -0.449 e. The molecule has 1 unspecified atom stereocenters. The van der Waals surface area contributed by atoms with Gasteiger partial charge in [-0.1, -0.05) is 54.9 Å². The number of hydrogen-bond donors (Lipinski definition) is 1. The summed E-state index contributed by atoms with van der Waals surface area (Å²) in [6.07, 6.45) is 16.2. The molecule has 0 aliphatic heterocycles. The van der Waals surface area contributed by atoms with Crippen LogP contribution in [-0.4, -0.2) is 47.9 Å². The molecule has 1 heterocycles. The second-order valence-corrected chi connectivity index (χ2v) is 21.9. The van der Waals surface area contributed by atoms with Gasteiger partial charge in [-0.3, -0.25) is 0 Å². The van der Waals surface area contributed by atoms with Gasteiger partial charge in [0.15, 0.2) is 8.32 Å². The third kappa shape index (κ3) is 5.93. The average Bonchev–Trinajstić information content (AvgIpc) is 3.59. The minimum absolute atomic E-state index is 0.194. The lowest BCUT2D eigenvalue weighted by Crippen LogP contribution is -2.62. The summed E-state index contributed by atoms with van der Waals surface area (Å²) in [5.74, 6) is 3.86. The van der Waals surface area contributed by atoms with Crippen molar-refractivity contribution in [2.45, 2.75) is 143 Å². The average molecular weight is 615 g/mol. The molecule has 0 amide bonds. The second kappa shape index (κ2) is 12.2. The van der Waals surface area contributed by atoms with E-state index in [2.05, 4.69) is 66.5 Å². The van der Waals surface area contributed by atoms with Crippen molar-refractivity contribution in [2.24, 2.45) is 52.3 Å². The number of imidazole rings is 1. The van der Waals surface area contributed by atoms with E-state index in [9.17, 15) is 9.90 Å². The van der Waals surface area contributed by atoms with Crippen LogP contribution in [0, 0.1) is 52.3 Å². The number of aromatic nitrogens is 2. The molecule has 4 aliphatic carbocycles. The molecule has 1 aromatic heterocycles. The summed E-state index contributed by atoms with van der Waals surface area (Å²) in [7, 11) is -1.82. The molecule has 4 fully saturated rings. The summed E-state index contributed by atoms with van der Waals surface area (Å²) in [6, 6.07) is 0. The Morgan fingerprint density at radius 3 is 2.44 bits per heavy atom. The number of aliphatic hydroxyl groups is 1. The summed E-state index contributed by atoms with van der Waals surface area (Å²) < 4.78 is 13.9. The van der Waals surface area contributed by atoms with Crippen molar-refractivity contribution in [1.82, 2.24) is 9.55 Å². The predicted molar refractivity (Wildman–Crippen MR) is 175 cm³/mol. The van der Waals surface area contributed by atoms with Crippen molar-refractivity contribution in [3.63, 3.8) is 0 Å². The molecule has 4 aliphatic rings. The summed E-state index contributed by atoms with van der Waals surface area (Å²) >= 11 is 0. The van der Waals surface area contributed by atoms with Gasteiger partial charge in [0, 0.05) is 18.5 Å². The first kappa shape index (κ1) is 33.2. The molecule has 4 saturated carbocycles. The molecule has 1 aromatic rings. The molecular formula is C36H62N2O4Si. The van der Waals surface area contributed by atoms with E-state index in [-0.39, 0.29) is 17.2 Å². The molecule has 244 valence electrons. The molecule has 5 rings (SSSR count). The Morgan fingerprint density at radius 2 is 1.79 bits per heavy atom. The molecule has 0 aromatic carbocycles. The molecule has 1 N–H and O–H groups in total. The maximum atomic E-state index is 12.3. The Kier molecular flexibility index (Phi) is 9.42. The van der Waals surface area contributed by atoms with Gasteiger partial charge in [0.1, 0.15) is 6.33 Å². The molecular weight excluding hydrogens is 552 g/mol. The van der Waals surface area contributed by atoms with E-state index >= 15 is 0 Å². The Labute approximate surface area is 263 Å². The second-order valence-electron chi connectivity index (χ2n) is 17.2. The van der Waals surface area contributed by atoms with E-state index in [0.717, 1.165) is 25.7 Å². The van der Waals surface area contributed by atoms with Crippen LogP contribution < -0.4 is 0 Å². The van der Waals surface area contributed by atoms with Crippen molar-refractivity contribution >= 4 is 14.4 Å². The van der Waals surface area contributed by atoms with Crippen LogP contribution in [0.15, 0.2) is 18.7 Å². The summed E-state index contributed by atoms with van der Waals surface area (Å²) in [5.41, 5.74) is 0.598. The summed E-state index contributed by atoms with van der Waals surface area (Å²) in [4.78, 5) is 16.1. The van der Waals surface area contributed by atoms with Gasteiger partial charge in [-0.2, -0.15) is 0 Å². The zero-order chi connectivity index (χ0) is 31.4. The molecule has 0 bridgehead atoms. The Hall–Kier alpha value is -1.18. The molecule has 0 saturated heterocycles. The van der Waals surface area contributed by atoms with E-state index in [1.54, 1.807) is 12.4 Å². The first-order chi connectivity index (χ1) is 20.1. The first-order valence-electron chi connectivity index (χ1n) is 17.6. The normalized spacial score (nSPS) is 40.3. The molecule has 43 heavy (non-hydrogen) atoms. The summed E-state index contributed by atoms with van der Waals surface area (Å²) in [5, 5.41) is 12.5. The topological polar surface area (TPSA) is 73.6 Å². The van der Waals surface area contributed by atoms with Crippen LogP contribution in [0.5, 0.6) is 0 Å². The highest BCUT2D eigenvalue weighted by molar-refractivity contribution is 6.74. The number of carbonyl (C=O) groups is 1. The van der Waals surface area contributed by atoms with Gasteiger partial charge < -0.3 is 14.3 Å². The van der Waals surface area contributed by atoms with Crippen LogP contribution in [0.1, 0.15) is 113 Å². The number of rotatable bonds is 8. The number of carbonyl (C=O) groups excluding carboxylic acids is 1. The molecule has 6 nitrogen and oxygen atoms in total. The smallest absolute Gasteiger partial charge is 0.419 e. The van der Waals surface area contributed by atoms with Gasteiger partial charge >= 0.3 is 6.09 Å². The van der Waals surface area contributed by atoms with Gasteiger partial charge in [-0.25, -0.2) is 14.3 Å². The van der Waals surface area contributed by atoms with E-state index in [1.807, 2.05) is 0 Å². The van der Waals surface area contributed by atoms with Gasteiger partial charge in [0.05, 0.1) is 12.7 Å². The quantitative estimate of drug-likeness (QED) is 0.234. The van der Waals surface area contributed by atoms with Gasteiger partial charge in [-0.15, -0.1) is 0 Å². The summed E-state index contributed by atoms with van der Waals surface area (Å²) in [6.45, 7) is 22.3. The van der Waals surface area contributed by atoms with E-state index in [4.69, 9.17) is 9.16 Å². The highest BCUT2D eigenvalue weighted by atomic mass is 28.4. The first-order valence-corrected chi connectivity index (χ1v) is 20.6.